The van der Waals surface area contributed by atoms with Gasteiger partial charge in [0.2, 0.25) is 0 Å². The Morgan fingerprint density at radius 3 is 2.50 bits per heavy atom. The number of carbonyl (C=O) groups is 1. The van der Waals surface area contributed by atoms with Gasteiger partial charge in [0.05, 0.1) is 0 Å². The van der Waals surface area contributed by atoms with Gasteiger partial charge in [0, 0.05) is 11.6 Å². The predicted molar refractivity (Wildman–Crippen MR) is 63.0 cm³/mol. The van der Waals surface area contributed by atoms with E-state index in [1.165, 1.54) is 6.07 Å². The number of ether oxygens (including phenoxy) is 1. The molecule has 2 aromatic rings. The van der Waals surface area contributed by atoms with Crippen LogP contribution in [0, 0.1) is 18.6 Å². The summed E-state index contributed by atoms with van der Waals surface area (Å²) in [5, 5.41) is 0. The lowest BCUT2D eigenvalue weighted by atomic mass is 10.1. The molecule has 2 aromatic carbocycles. The minimum Gasteiger partial charge on any atom is -0.454 e. The maximum Gasteiger partial charge on any atom is 0.168 e. The molecule has 0 unspecified atom stereocenters. The molecule has 0 fully saturated rings. The molecular formula is C14H10F2O2. The van der Waals surface area contributed by atoms with E-state index in [-0.39, 0.29) is 5.75 Å². The highest BCUT2D eigenvalue weighted by atomic mass is 19.1. The average Bonchev–Trinajstić information content (AvgIpc) is 2.33. The molecule has 2 rings (SSSR count). The van der Waals surface area contributed by atoms with Crippen LogP contribution in [0.4, 0.5) is 8.78 Å². The summed E-state index contributed by atoms with van der Waals surface area (Å²) in [6.07, 6.45) is 0.734. The lowest BCUT2D eigenvalue weighted by molar-refractivity contribution is 0.112. The maximum atomic E-state index is 13.4. The molecule has 0 bridgehead atoms. The van der Waals surface area contributed by atoms with Crippen molar-refractivity contribution in [2.24, 2.45) is 0 Å². The zero-order chi connectivity index (χ0) is 13.1. The van der Waals surface area contributed by atoms with Crippen LogP contribution in [0.5, 0.6) is 11.5 Å². The summed E-state index contributed by atoms with van der Waals surface area (Å²) in [6.45, 7) is 1.75. The summed E-state index contributed by atoms with van der Waals surface area (Å²) >= 11 is 0. The zero-order valence-electron chi connectivity index (χ0n) is 9.61. The molecule has 0 aliphatic heterocycles. The van der Waals surface area contributed by atoms with E-state index in [0.717, 1.165) is 24.0 Å². The van der Waals surface area contributed by atoms with Crippen LogP contribution in [0.3, 0.4) is 0 Å². The first-order valence-electron chi connectivity index (χ1n) is 5.29. The van der Waals surface area contributed by atoms with Gasteiger partial charge >= 0.3 is 0 Å². The average molecular weight is 248 g/mol. The molecule has 0 saturated heterocycles. The maximum absolute atomic E-state index is 13.4. The second-order valence-corrected chi connectivity index (χ2v) is 3.81. The fourth-order valence-corrected chi connectivity index (χ4v) is 1.53. The SMILES string of the molecule is Cc1cc(Oc2ccc(F)cc2F)ccc1C=O. The minimum absolute atomic E-state index is 0.0605. The first-order chi connectivity index (χ1) is 8.60. The number of aldehydes is 1. The van der Waals surface area contributed by atoms with E-state index in [1.54, 1.807) is 25.1 Å². The Morgan fingerprint density at radius 1 is 1.11 bits per heavy atom. The molecule has 18 heavy (non-hydrogen) atoms. The summed E-state index contributed by atoms with van der Waals surface area (Å²) in [6, 6.07) is 7.84. The Hall–Kier alpha value is -2.23. The molecule has 0 spiro atoms. The highest BCUT2D eigenvalue weighted by molar-refractivity contribution is 5.77. The molecule has 4 heteroatoms. The van der Waals surface area contributed by atoms with Gasteiger partial charge in [-0.25, -0.2) is 8.78 Å². The second-order valence-electron chi connectivity index (χ2n) is 3.81. The molecular weight excluding hydrogens is 238 g/mol. The molecule has 0 saturated carbocycles. The molecule has 0 radical (unpaired) electrons. The summed E-state index contributed by atoms with van der Waals surface area (Å²) in [5.41, 5.74) is 1.27. The number of hydrogen-bond donors (Lipinski definition) is 0. The Morgan fingerprint density at radius 2 is 1.89 bits per heavy atom. The smallest absolute Gasteiger partial charge is 0.168 e. The van der Waals surface area contributed by atoms with Crippen LogP contribution in [0.15, 0.2) is 36.4 Å². The summed E-state index contributed by atoms with van der Waals surface area (Å²) < 4.78 is 31.4. The number of rotatable bonds is 3. The van der Waals surface area contributed by atoms with Crippen molar-refractivity contribution in [3.63, 3.8) is 0 Å². The third-order valence-corrected chi connectivity index (χ3v) is 2.49. The molecule has 0 aliphatic rings. The topological polar surface area (TPSA) is 26.3 Å². The van der Waals surface area contributed by atoms with E-state index in [0.29, 0.717) is 11.3 Å². The van der Waals surface area contributed by atoms with Crippen LogP contribution in [0.25, 0.3) is 0 Å². The van der Waals surface area contributed by atoms with Crippen LogP contribution >= 0.6 is 0 Å². The van der Waals surface area contributed by atoms with E-state index in [4.69, 9.17) is 4.74 Å². The van der Waals surface area contributed by atoms with E-state index >= 15 is 0 Å². The van der Waals surface area contributed by atoms with Crippen molar-refractivity contribution in [2.75, 3.05) is 0 Å². The summed E-state index contributed by atoms with van der Waals surface area (Å²) in [4.78, 5) is 10.6. The molecule has 0 aliphatic carbocycles. The van der Waals surface area contributed by atoms with Crippen molar-refractivity contribution in [3.05, 3.63) is 59.2 Å². The van der Waals surface area contributed by atoms with Gasteiger partial charge in [-0.05, 0) is 42.8 Å². The van der Waals surface area contributed by atoms with Gasteiger partial charge in [-0.15, -0.1) is 0 Å². The summed E-state index contributed by atoms with van der Waals surface area (Å²) in [7, 11) is 0. The number of aryl methyl sites for hydroxylation is 1. The predicted octanol–water partition coefficient (Wildman–Crippen LogP) is 3.88. The van der Waals surface area contributed by atoms with Gasteiger partial charge in [0.25, 0.3) is 0 Å². The Labute approximate surface area is 103 Å². The van der Waals surface area contributed by atoms with E-state index < -0.39 is 11.6 Å². The molecule has 2 nitrogen and oxygen atoms in total. The lowest BCUT2D eigenvalue weighted by Gasteiger charge is -2.08. The third-order valence-electron chi connectivity index (χ3n) is 2.49. The monoisotopic (exact) mass is 248 g/mol. The van der Waals surface area contributed by atoms with Crippen LogP contribution in [0.2, 0.25) is 0 Å². The zero-order valence-corrected chi connectivity index (χ0v) is 9.61. The molecule has 92 valence electrons. The van der Waals surface area contributed by atoms with Crippen LogP contribution < -0.4 is 4.74 Å². The van der Waals surface area contributed by atoms with Gasteiger partial charge in [-0.1, -0.05) is 0 Å². The number of carbonyl (C=O) groups excluding carboxylic acids is 1. The standard InChI is InChI=1S/C14H10F2O2/c1-9-6-12(4-2-10(9)8-17)18-14-5-3-11(15)7-13(14)16/h2-8H,1H3. The largest absolute Gasteiger partial charge is 0.454 e. The molecule has 0 atom stereocenters. The quantitative estimate of drug-likeness (QED) is 0.770. The Balaban J connectivity index is 2.28. The second kappa shape index (κ2) is 4.96. The van der Waals surface area contributed by atoms with E-state index in [9.17, 15) is 13.6 Å². The van der Waals surface area contributed by atoms with Crippen molar-refractivity contribution in [1.82, 2.24) is 0 Å². The van der Waals surface area contributed by atoms with Crippen LogP contribution in [-0.4, -0.2) is 6.29 Å². The van der Waals surface area contributed by atoms with E-state index in [1.807, 2.05) is 0 Å². The number of halogens is 2. The number of benzene rings is 2. The molecule has 0 N–H and O–H groups in total. The highest BCUT2D eigenvalue weighted by Gasteiger charge is 2.07. The van der Waals surface area contributed by atoms with Crippen LogP contribution in [0.1, 0.15) is 15.9 Å². The molecule has 0 heterocycles. The summed E-state index contributed by atoms with van der Waals surface area (Å²) in [5.74, 6) is -1.10. The fourth-order valence-electron chi connectivity index (χ4n) is 1.53. The van der Waals surface area contributed by atoms with Crippen molar-refractivity contribution in [1.29, 1.82) is 0 Å². The minimum atomic E-state index is -0.771. The Bertz CT molecular complexity index is 594. The van der Waals surface area contributed by atoms with Crippen LogP contribution in [-0.2, 0) is 0 Å². The fraction of sp³-hybridized carbons (Fsp3) is 0.0714. The van der Waals surface area contributed by atoms with Crippen molar-refractivity contribution >= 4 is 6.29 Å². The lowest BCUT2D eigenvalue weighted by Crippen LogP contribution is -1.92. The van der Waals surface area contributed by atoms with E-state index in [2.05, 4.69) is 0 Å². The van der Waals surface area contributed by atoms with Crippen molar-refractivity contribution in [3.8, 4) is 11.5 Å². The third kappa shape index (κ3) is 2.53. The van der Waals surface area contributed by atoms with Crippen molar-refractivity contribution < 1.29 is 18.3 Å². The molecule has 0 aromatic heterocycles. The van der Waals surface area contributed by atoms with Crippen molar-refractivity contribution in [2.45, 2.75) is 6.92 Å². The van der Waals surface area contributed by atoms with Gasteiger partial charge < -0.3 is 4.74 Å². The first-order valence-corrected chi connectivity index (χ1v) is 5.29. The van der Waals surface area contributed by atoms with Gasteiger partial charge in [0.15, 0.2) is 11.6 Å². The first kappa shape index (κ1) is 12.2. The normalized spacial score (nSPS) is 10.2. The van der Waals surface area contributed by atoms with Gasteiger partial charge in [-0.3, -0.25) is 4.79 Å². The van der Waals surface area contributed by atoms with Gasteiger partial charge in [0.1, 0.15) is 17.9 Å². The Kier molecular flexibility index (Phi) is 3.37. The molecule has 0 amide bonds. The highest BCUT2D eigenvalue weighted by Crippen LogP contribution is 2.26. The van der Waals surface area contributed by atoms with Gasteiger partial charge in [-0.2, -0.15) is 0 Å². The number of hydrogen-bond acceptors (Lipinski definition) is 2.